The molecule has 27 heavy (non-hydrogen) atoms. The van der Waals surface area contributed by atoms with Crippen molar-refractivity contribution in [3.63, 3.8) is 0 Å². The number of aryl methyl sites for hydroxylation is 2. The molecule has 1 amide bonds. The van der Waals surface area contributed by atoms with Crippen molar-refractivity contribution >= 4 is 35.1 Å². The lowest BCUT2D eigenvalue weighted by Crippen LogP contribution is -2.25. The van der Waals surface area contributed by atoms with Crippen LogP contribution in [0.3, 0.4) is 0 Å². The number of hydrogen-bond acceptors (Lipinski definition) is 7. The van der Waals surface area contributed by atoms with Crippen molar-refractivity contribution in [3.8, 4) is 0 Å². The summed E-state index contributed by atoms with van der Waals surface area (Å²) in [5.41, 5.74) is 1.20. The lowest BCUT2D eigenvalue weighted by Gasteiger charge is -2.16. The first-order chi connectivity index (χ1) is 13.0. The van der Waals surface area contributed by atoms with E-state index in [1.54, 1.807) is 43.3 Å². The first kappa shape index (κ1) is 18.5. The smallest absolute Gasteiger partial charge is 0.331 e. The number of ether oxygens (including phenoxy) is 1. The van der Waals surface area contributed by atoms with Gasteiger partial charge in [-0.05, 0) is 19.9 Å². The normalized spacial score (nSPS) is 12.1. The van der Waals surface area contributed by atoms with Crippen LogP contribution in [0.1, 0.15) is 28.1 Å². The summed E-state index contributed by atoms with van der Waals surface area (Å²) < 4.78 is 10.3. The monoisotopic (exact) mass is 383 g/mol. The zero-order valence-corrected chi connectivity index (χ0v) is 15.5. The van der Waals surface area contributed by atoms with Gasteiger partial charge in [0, 0.05) is 23.1 Å². The molecular formula is C19H17N3O4S. The molecule has 1 aromatic carbocycles. The molecule has 0 aliphatic heterocycles. The molecule has 138 valence electrons. The van der Waals surface area contributed by atoms with Crippen molar-refractivity contribution in [2.45, 2.75) is 20.0 Å². The van der Waals surface area contributed by atoms with E-state index >= 15 is 0 Å². The van der Waals surface area contributed by atoms with Crippen LogP contribution in [0, 0.1) is 13.8 Å². The molecule has 0 spiro atoms. The third-order valence-electron chi connectivity index (χ3n) is 3.48. The van der Waals surface area contributed by atoms with Crippen molar-refractivity contribution in [2.24, 2.45) is 0 Å². The number of carbonyl (C=O) groups is 2. The highest BCUT2D eigenvalue weighted by Crippen LogP contribution is 2.20. The summed E-state index contributed by atoms with van der Waals surface area (Å²) in [6.45, 7) is 3.59. The molecule has 0 bridgehead atoms. The van der Waals surface area contributed by atoms with E-state index in [0.29, 0.717) is 17.0 Å². The van der Waals surface area contributed by atoms with Gasteiger partial charge in [0.05, 0.1) is 10.7 Å². The number of amides is 1. The highest BCUT2D eigenvalue weighted by Gasteiger charge is 2.25. The molecule has 0 radical (unpaired) electrons. The number of nitrogens with zero attached hydrogens (tertiary/aromatic N) is 2. The van der Waals surface area contributed by atoms with Gasteiger partial charge in [-0.1, -0.05) is 35.5 Å². The molecule has 3 aromatic rings. The number of anilines is 1. The number of carbonyl (C=O) groups excluding carboxylic acids is 2. The van der Waals surface area contributed by atoms with Crippen LogP contribution in [0.5, 0.6) is 0 Å². The second-order valence-electron chi connectivity index (χ2n) is 5.66. The van der Waals surface area contributed by atoms with E-state index < -0.39 is 18.0 Å². The van der Waals surface area contributed by atoms with Gasteiger partial charge in [-0.15, -0.1) is 11.3 Å². The molecule has 1 unspecified atom stereocenters. The second-order valence-corrected chi connectivity index (χ2v) is 6.73. The maximum Gasteiger partial charge on any atom is 0.331 e. The predicted molar refractivity (Wildman–Crippen MR) is 101 cm³/mol. The van der Waals surface area contributed by atoms with Crippen LogP contribution in [0.25, 0.3) is 6.08 Å². The number of thiazole rings is 1. The number of benzene rings is 1. The van der Waals surface area contributed by atoms with E-state index in [2.05, 4.69) is 15.5 Å². The molecule has 3 rings (SSSR count). The summed E-state index contributed by atoms with van der Waals surface area (Å²) in [5, 5.41) is 9.03. The number of rotatable bonds is 6. The van der Waals surface area contributed by atoms with Gasteiger partial charge in [0.25, 0.3) is 5.91 Å². The van der Waals surface area contributed by atoms with Gasteiger partial charge in [-0.2, -0.15) is 0 Å². The molecule has 1 atom stereocenters. The van der Waals surface area contributed by atoms with Gasteiger partial charge in [-0.3, -0.25) is 4.79 Å². The summed E-state index contributed by atoms with van der Waals surface area (Å²) >= 11 is 1.48. The predicted octanol–water partition coefficient (Wildman–Crippen LogP) is 3.68. The van der Waals surface area contributed by atoms with Gasteiger partial charge in [0.1, 0.15) is 5.76 Å². The largest absolute Gasteiger partial charge is 0.444 e. The molecule has 0 saturated heterocycles. The lowest BCUT2D eigenvalue weighted by molar-refractivity contribution is -0.149. The highest BCUT2D eigenvalue weighted by molar-refractivity contribution is 7.09. The fourth-order valence-electron chi connectivity index (χ4n) is 2.28. The van der Waals surface area contributed by atoms with Crippen LogP contribution in [0.4, 0.5) is 5.82 Å². The van der Waals surface area contributed by atoms with Crippen LogP contribution in [0.2, 0.25) is 0 Å². The van der Waals surface area contributed by atoms with Crippen molar-refractivity contribution in [3.05, 3.63) is 69.9 Å². The third kappa shape index (κ3) is 5.11. The molecule has 7 nitrogen and oxygen atoms in total. The molecule has 0 aliphatic rings. The van der Waals surface area contributed by atoms with Crippen molar-refractivity contribution in [2.75, 3.05) is 5.32 Å². The van der Waals surface area contributed by atoms with Crippen LogP contribution >= 0.6 is 11.3 Å². The topological polar surface area (TPSA) is 94.3 Å². The summed E-state index contributed by atoms with van der Waals surface area (Å²) in [5.74, 6) is -0.371. The Labute approximate surface area is 159 Å². The van der Waals surface area contributed by atoms with Crippen molar-refractivity contribution in [1.29, 1.82) is 0 Å². The molecule has 8 heteroatoms. The Hall–Kier alpha value is -3.26. The lowest BCUT2D eigenvalue weighted by atomic mass is 10.1. The standard InChI is InChI=1S/C19H17N3O4S/c1-12-10-16(22-26-12)21-19(24)18(14-6-4-3-5-7-14)25-17(23)9-8-15-11-27-13(2)20-15/h3-11,18H,1-2H3,(H,21,22,24)/b9-8+. The van der Waals surface area contributed by atoms with Crippen molar-refractivity contribution < 1.29 is 18.8 Å². The van der Waals surface area contributed by atoms with Crippen LogP contribution in [-0.4, -0.2) is 22.0 Å². The highest BCUT2D eigenvalue weighted by atomic mass is 32.1. The minimum Gasteiger partial charge on any atom is -0.444 e. The number of hydrogen-bond donors (Lipinski definition) is 1. The fourth-order valence-corrected chi connectivity index (χ4v) is 2.86. The average molecular weight is 383 g/mol. The number of aromatic nitrogens is 2. The summed E-state index contributed by atoms with van der Waals surface area (Å²) in [6, 6.07) is 10.3. The number of esters is 1. The minimum absolute atomic E-state index is 0.253. The minimum atomic E-state index is -1.13. The van der Waals surface area contributed by atoms with E-state index in [1.807, 2.05) is 18.4 Å². The van der Waals surface area contributed by atoms with E-state index in [0.717, 1.165) is 5.01 Å². The van der Waals surface area contributed by atoms with Gasteiger partial charge in [0.15, 0.2) is 5.82 Å². The van der Waals surface area contributed by atoms with E-state index in [1.165, 1.54) is 17.4 Å². The third-order valence-corrected chi connectivity index (χ3v) is 4.27. The first-order valence-electron chi connectivity index (χ1n) is 8.11. The molecule has 0 aliphatic carbocycles. The Balaban J connectivity index is 1.74. The first-order valence-corrected chi connectivity index (χ1v) is 8.99. The summed E-state index contributed by atoms with van der Waals surface area (Å²) in [4.78, 5) is 29.1. The summed E-state index contributed by atoms with van der Waals surface area (Å²) in [6.07, 6.45) is 1.67. The maximum absolute atomic E-state index is 12.6. The second kappa shape index (κ2) is 8.41. The Bertz CT molecular complexity index is 962. The van der Waals surface area contributed by atoms with E-state index in [9.17, 15) is 9.59 Å². The molecule has 0 fully saturated rings. The van der Waals surface area contributed by atoms with Gasteiger partial charge in [-0.25, -0.2) is 9.78 Å². The maximum atomic E-state index is 12.6. The van der Waals surface area contributed by atoms with Crippen molar-refractivity contribution in [1.82, 2.24) is 10.1 Å². The molecule has 2 heterocycles. The average Bonchev–Trinajstić information content (AvgIpc) is 3.26. The van der Waals surface area contributed by atoms with Gasteiger partial charge in [0.2, 0.25) is 6.10 Å². The van der Waals surface area contributed by atoms with Crippen LogP contribution in [-0.2, 0) is 14.3 Å². The van der Waals surface area contributed by atoms with E-state index in [4.69, 9.17) is 9.26 Å². The Morgan fingerprint density at radius 3 is 2.67 bits per heavy atom. The molecule has 0 saturated carbocycles. The zero-order chi connectivity index (χ0) is 19.2. The molecule has 1 N–H and O–H groups in total. The van der Waals surface area contributed by atoms with Crippen LogP contribution in [0.15, 0.2) is 52.4 Å². The fraction of sp³-hybridized carbons (Fsp3) is 0.158. The summed E-state index contributed by atoms with van der Waals surface area (Å²) in [7, 11) is 0. The Kier molecular flexibility index (Phi) is 5.77. The Morgan fingerprint density at radius 1 is 1.26 bits per heavy atom. The quantitative estimate of drug-likeness (QED) is 0.515. The zero-order valence-electron chi connectivity index (χ0n) is 14.7. The Morgan fingerprint density at radius 2 is 2.04 bits per heavy atom. The van der Waals surface area contributed by atoms with Crippen LogP contribution < -0.4 is 5.32 Å². The van der Waals surface area contributed by atoms with E-state index in [-0.39, 0.29) is 5.82 Å². The SMILES string of the molecule is Cc1cc(NC(=O)C(OC(=O)/C=C/c2csc(C)n2)c2ccccc2)no1. The number of nitrogens with one attached hydrogen (secondary N) is 1. The molecule has 2 aromatic heterocycles. The van der Waals surface area contributed by atoms with Gasteiger partial charge < -0.3 is 14.6 Å². The molecular weight excluding hydrogens is 366 g/mol. The van der Waals surface area contributed by atoms with Gasteiger partial charge >= 0.3 is 5.97 Å².